The van der Waals surface area contributed by atoms with E-state index in [-0.39, 0.29) is 11.7 Å². The lowest BCUT2D eigenvalue weighted by atomic mass is 10.2. The molecule has 0 saturated heterocycles. The number of pyridine rings is 1. The Morgan fingerprint density at radius 1 is 1.24 bits per heavy atom. The predicted molar refractivity (Wildman–Crippen MR) is 81.4 cm³/mol. The third-order valence-electron chi connectivity index (χ3n) is 3.17. The lowest BCUT2D eigenvalue weighted by molar-refractivity contribution is 0.0940. The average molecular weight is 279 g/mol. The first-order valence-corrected chi connectivity index (χ1v) is 6.47. The molecule has 2 heterocycles. The van der Waals surface area contributed by atoms with E-state index >= 15 is 0 Å². The number of para-hydroxylation sites is 1. The van der Waals surface area contributed by atoms with Crippen molar-refractivity contribution in [2.75, 3.05) is 0 Å². The van der Waals surface area contributed by atoms with Crippen LogP contribution in [0, 0.1) is 0 Å². The number of aliphatic imine (C=N–C) groups is 1. The van der Waals surface area contributed by atoms with Crippen LogP contribution in [0.1, 0.15) is 17.4 Å². The zero-order valence-electron chi connectivity index (χ0n) is 11.4. The maximum atomic E-state index is 11.9. The van der Waals surface area contributed by atoms with Crippen LogP contribution in [-0.4, -0.2) is 26.8 Å². The summed E-state index contributed by atoms with van der Waals surface area (Å²) in [4.78, 5) is 20.2. The molecule has 104 valence electrons. The summed E-state index contributed by atoms with van der Waals surface area (Å²) in [5.41, 5.74) is 1.01. The Labute approximate surface area is 121 Å². The molecule has 0 amide bonds. The quantitative estimate of drug-likeness (QED) is 0.733. The lowest BCUT2D eigenvalue weighted by Crippen LogP contribution is -2.09. The molecule has 0 radical (unpaired) electrons. The number of fused-ring (bicyclic) bond motifs is 1. The van der Waals surface area contributed by atoms with Gasteiger partial charge in [0.05, 0.1) is 11.7 Å². The number of benzene rings is 1. The van der Waals surface area contributed by atoms with Gasteiger partial charge in [-0.25, -0.2) is 9.98 Å². The van der Waals surface area contributed by atoms with E-state index < -0.39 is 0 Å². The average Bonchev–Trinajstić information content (AvgIpc) is 2.79. The van der Waals surface area contributed by atoms with E-state index in [1.807, 2.05) is 18.2 Å². The summed E-state index contributed by atoms with van der Waals surface area (Å²) in [7, 11) is 0. The van der Waals surface area contributed by atoms with Crippen LogP contribution in [0.3, 0.4) is 0 Å². The Balaban J connectivity index is 2.18. The van der Waals surface area contributed by atoms with E-state index in [2.05, 4.69) is 9.98 Å². The van der Waals surface area contributed by atoms with Crippen LogP contribution in [-0.2, 0) is 0 Å². The number of hydrogen-bond acceptors (Lipinski definition) is 4. The van der Waals surface area contributed by atoms with Gasteiger partial charge in [-0.3, -0.25) is 9.36 Å². The van der Waals surface area contributed by atoms with E-state index in [1.54, 1.807) is 30.5 Å². The number of nitrogens with zero attached hydrogens (tertiary/aromatic N) is 3. The third-order valence-corrected chi connectivity index (χ3v) is 3.17. The first kappa shape index (κ1) is 13.1. The Bertz CT molecular complexity index is 835. The summed E-state index contributed by atoms with van der Waals surface area (Å²) in [5, 5.41) is 10.9. The van der Waals surface area contributed by atoms with Crippen molar-refractivity contribution < 1.29 is 9.90 Å². The summed E-state index contributed by atoms with van der Waals surface area (Å²) in [5.74, 6) is 0.367. The monoisotopic (exact) mass is 279 g/mol. The van der Waals surface area contributed by atoms with Crippen molar-refractivity contribution in [3.63, 3.8) is 0 Å². The van der Waals surface area contributed by atoms with Crippen molar-refractivity contribution in [1.82, 2.24) is 9.55 Å². The molecule has 5 nitrogen and oxygen atoms in total. The van der Waals surface area contributed by atoms with Crippen LogP contribution in [0.15, 0.2) is 53.7 Å². The van der Waals surface area contributed by atoms with Gasteiger partial charge >= 0.3 is 0 Å². The van der Waals surface area contributed by atoms with Crippen LogP contribution >= 0.6 is 0 Å². The second-order valence-electron chi connectivity index (χ2n) is 4.55. The Hall–Kier alpha value is -2.95. The molecule has 0 aliphatic rings. The standard InChI is InChI=1S/C16H13N3O2/c1-11(20)19-13-7-3-2-6-12(13)16(21)14(19)10-18-15-8-4-5-9-17-15/h2-10,21H,1H3/b18-10+. The van der Waals surface area contributed by atoms with E-state index in [0.29, 0.717) is 22.4 Å². The lowest BCUT2D eigenvalue weighted by Gasteiger charge is -2.02. The maximum Gasteiger partial charge on any atom is 0.228 e. The van der Waals surface area contributed by atoms with Crippen molar-refractivity contribution in [2.24, 2.45) is 4.99 Å². The highest BCUT2D eigenvalue weighted by Gasteiger charge is 2.17. The Morgan fingerprint density at radius 3 is 2.71 bits per heavy atom. The van der Waals surface area contributed by atoms with Gasteiger partial charge in [-0.15, -0.1) is 0 Å². The molecule has 3 aromatic rings. The number of carbonyl (C=O) groups is 1. The fourth-order valence-electron chi connectivity index (χ4n) is 2.26. The summed E-state index contributed by atoms with van der Waals surface area (Å²) in [6.07, 6.45) is 3.09. The second kappa shape index (κ2) is 5.20. The van der Waals surface area contributed by atoms with Crippen LogP contribution < -0.4 is 0 Å². The first-order valence-electron chi connectivity index (χ1n) is 6.47. The molecule has 1 aromatic carbocycles. The van der Waals surface area contributed by atoms with E-state index in [9.17, 15) is 9.90 Å². The topological polar surface area (TPSA) is 67.5 Å². The molecule has 0 aliphatic heterocycles. The van der Waals surface area contributed by atoms with Gasteiger partial charge in [0, 0.05) is 18.5 Å². The summed E-state index contributed by atoms with van der Waals surface area (Å²) < 4.78 is 1.44. The van der Waals surface area contributed by atoms with Crippen molar-refractivity contribution >= 4 is 28.8 Å². The first-order chi connectivity index (χ1) is 10.2. The van der Waals surface area contributed by atoms with Gasteiger partial charge in [0.1, 0.15) is 5.69 Å². The zero-order chi connectivity index (χ0) is 14.8. The molecule has 0 atom stereocenters. The van der Waals surface area contributed by atoms with Gasteiger partial charge in [-0.05, 0) is 24.3 Å². The van der Waals surface area contributed by atoms with Crippen LogP contribution in [0.5, 0.6) is 5.75 Å². The fraction of sp³-hybridized carbons (Fsp3) is 0.0625. The summed E-state index contributed by atoms with van der Waals surface area (Å²) in [6.45, 7) is 1.45. The molecule has 0 unspecified atom stereocenters. The molecule has 0 aliphatic carbocycles. The molecule has 3 rings (SSSR count). The minimum atomic E-state index is -0.186. The predicted octanol–water partition coefficient (Wildman–Crippen LogP) is 3.15. The molecule has 0 fully saturated rings. The largest absolute Gasteiger partial charge is 0.505 e. The van der Waals surface area contributed by atoms with Gasteiger partial charge in [-0.1, -0.05) is 18.2 Å². The molecular weight excluding hydrogens is 266 g/mol. The molecule has 5 heteroatoms. The zero-order valence-corrected chi connectivity index (χ0v) is 11.4. The van der Waals surface area contributed by atoms with Crippen molar-refractivity contribution in [2.45, 2.75) is 6.92 Å². The highest BCUT2D eigenvalue weighted by Crippen LogP contribution is 2.31. The number of rotatable bonds is 2. The molecule has 0 saturated carbocycles. The van der Waals surface area contributed by atoms with Gasteiger partial charge in [0.15, 0.2) is 11.6 Å². The van der Waals surface area contributed by atoms with Gasteiger partial charge in [-0.2, -0.15) is 0 Å². The van der Waals surface area contributed by atoms with Gasteiger partial charge in [0.25, 0.3) is 0 Å². The van der Waals surface area contributed by atoms with Crippen molar-refractivity contribution in [3.05, 3.63) is 54.4 Å². The third kappa shape index (κ3) is 2.29. The molecular formula is C16H13N3O2. The van der Waals surface area contributed by atoms with Crippen LogP contribution in [0.4, 0.5) is 5.82 Å². The minimum Gasteiger partial charge on any atom is -0.505 e. The van der Waals surface area contributed by atoms with Crippen molar-refractivity contribution in [3.8, 4) is 5.75 Å². The number of hydrogen-bond donors (Lipinski definition) is 1. The number of aromatic hydroxyl groups is 1. The van der Waals surface area contributed by atoms with Crippen molar-refractivity contribution in [1.29, 1.82) is 0 Å². The maximum absolute atomic E-state index is 11.9. The molecule has 21 heavy (non-hydrogen) atoms. The van der Waals surface area contributed by atoms with Gasteiger partial charge < -0.3 is 5.11 Å². The number of carbonyl (C=O) groups excluding carboxylic acids is 1. The smallest absolute Gasteiger partial charge is 0.228 e. The Kier molecular flexibility index (Phi) is 3.23. The number of aromatic nitrogens is 2. The Morgan fingerprint density at radius 2 is 2.00 bits per heavy atom. The molecule has 0 spiro atoms. The molecule has 1 N–H and O–H groups in total. The summed E-state index contributed by atoms with van der Waals surface area (Å²) >= 11 is 0. The highest BCUT2D eigenvalue weighted by atomic mass is 16.3. The van der Waals surface area contributed by atoms with Crippen LogP contribution in [0.25, 0.3) is 10.9 Å². The van der Waals surface area contributed by atoms with E-state index in [0.717, 1.165) is 0 Å². The normalized spacial score (nSPS) is 11.3. The van der Waals surface area contributed by atoms with E-state index in [4.69, 9.17) is 0 Å². The minimum absolute atomic E-state index is 0.0421. The molecule has 2 aromatic heterocycles. The van der Waals surface area contributed by atoms with Gasteiger partial charge in [0.2, 0.25) is 5.91 Å². The second-order valence-corrected chi connectivity index (χ2v) is 4.55. The van der Waals surface area contributed by atoms with E-state index in [1.165, 1.54) is 17.7 Å². The van der Waals surface area contributed by atoms with Crippen LogP contribution in [0.2, 0.25) is 0 Å². The SMILES string of the molecule is CC(=O)n1c(/C=N/c2ccccn2)c(O)c2ccccc21. The highest BCUT2D eigenvalue weighted by molar-refractivity contribution is 6.04. The fourth-order valence-corrected chi connectivity index (χ4v) is 2.26. The summed E-state index contributed by atoms with van der Waals surface area (Å²) in [6, 6.07) is 12.5. The molecule has 0 bridgehead atoms.